The Balaban J connectivity index is 1.69. The molecule has 0 saturated heterocycles. The zero-order valence-corrected chi connectivity index (χ0v) is 19.6. The fraction of sp³-hybridized carbons (Fsp3) is 0.233. The molecule has 4 rings (SSSR count). The van der Waals surface area contributed by atoms with Crippen LogP contribution in [0.25, 0.3) is 0 Å². The molecule has 4 nitrogen and oxygen atoms in total. The van der Waals surface area contributed by atoms with Crippen molar-refractivity contribution < 1.29 is 14.6 Å². The summed E-state index contributed by atoms with van der Waals surface area (Å²) in [6.07, 6.45) is 3.99. The van der Waals surface area contributed by atoms with Gasteiger partial charge in [0.25, 0.3) is 0 Å². The first-order valence-electron chi connectivity index (χ1n) is 11.8. The smallest absolute Gasteiger partial charge is 0.331 e. The number of para-hydroxylation sites is 1. The van der Waals surface area contributed by atoms with Gasteiger partial charge >= 0.3 is 5.97 Å². The minimum absolute atomic E-state index is 0.0396. The van der Waals surface area contributed by atoms with Crippen LogP contribution in [0.2, 0.25) is 0 Å². The second-order valence-electron chi connectivity index (χ2n) is 8.70. The number of ether oxygens (including phenoxy) is 1. The quantitative estimate of drug-likeness (QED) is 0.402. The zero-order chi connectivity index (χ0) is 23.8. The number of rotatable bonds is 10. The number of nitrogens with zero attached hydrogens (tertiary/aromatic N) is 1. The summed E-state index contributed by atoms with van der Waals surface area (Å²) in [5.74, 6) is 0.689. The molecule has 1 N–H and O–H groups in total. The van der Waals surface area contributed by atoms with Crippen molar-refractivity contribution >= 4 is 5.97 Å². The Morgan fingerprint density at radius 1 is 0.853 bits per heavy atom. The largest absolute Gasteiger partial charge is 0.478 e. The molecule has 0 heterocycles. The van der Waals surface area contributed by atoms with Crippen molar-refractivity contribution in [1.29, 1.82) is 0 Å². The van der Waals surface area contributed by atoms with Gasteiger partial charge in [-0.25, -0.2) is 4.79 Å². The second-order valence-corrected chi connectivity index (χ2v) is 8.70. The average Bonchev–Trinajstić information content (AvgIpc) is 2.87. The van der Waals surface area contributed by atoms with Gasteiger partial charge < -0.3 is 14.7 Å². The van der Waals surface area contributed by atoms with Crippen LogP contribution in [0.15, 0.2) is 114 Å². The van der Waals surface area contributed by atoms with Crippen LogP contribution in [0.4, 0.5) is 0 Å². The lowest BCUT2D eigenvalue weighted by atomic mass is 9.91. The van der Waals surface area contributed by atoms with Gasteiger partial charge in [-0.2, -0.15) is 0 Å². The average molecular weight is 454 g/mol. The summed E-state index contributed by atoms with van der Waals surface area (Å²) in [4.78, 5) is 14.2. The van der Waals surface area contributed by atoms with Gasteiger partial charge in [-0.05, 0) is 48.6 Å². The predicted molar refractivity (Wildman–Crippen MR) is 135 cm³/mol. The molecule has 0 bridgehead atoms. The fourth-order valence-corrected chi connectivity index (χ4v) is 4.30. The number of allylic oxidation sites excluding steroid dienone is 2. The fourth-order valence-electron chi connectivity index (χ4n) is 4.30. The summed E-state index contributed by atoms with van der Waals surface area (Å²) < 4.78 is 6.39. The van der Waals surface area contributed by atoms with E-state index in [4.69, 9.17) is 4.74 Å². The molecule has 1 atom stereocenters. The van der Waals surface area contributed by atoms with Gasteiger partial charge in [0, 0.05) is 24.6 Å². The maximum Gasteiger partial charge on any atom is 0.331 e. The Morgan fingerprint density at radius 3 is 1.85 bits per heavy atom. The molecule has 0 amide bonds. The molecule has 0 aliphatic heterocycles. The maximum atomic E-state index is 11.9. The minimum atomic E-state index is -0.867. The number of aliphatic carboxylic acids is 1. The topological polar surface area (TPSA) is 49.8 Å². The number of carbonyl (C=O) groups is 1. The van der Waals surface area contributed by atoms with Gasteiger partial charge in [-0.1, -0.05) is 85.8 Å². The van der Waals surface area contributed by atoms with Crippen molar-refractivity contribution in [3.8, 4) is 5.75 Å². The van der Waals surface area contributed by atoms with E-state index in [1.54, 1.807) is 0 Å². The summed E-state index contributed by atoms with van der Waals surface area (Å²) in [5, 5.41) is 9.80. The van der Waals surface area contributed by atoms with Crippen LogP contribution >= 0.6 is 0 Å². The van der Waals surface area contributed by atoms with Crippen LogP contribution in [0.5, 0.6) is 5.75 Å². The molecule has 0 aromatic heterocycles. The molecule has 174 valence electrons. The van der Waals surface area contributed by atoms with Crippen molar-refractivity contribution in [2.45, 2.75) is 26.2 Å². The van der Waals surface area contributed by atoms with Gasteiger partial charge in [0.2, 0.25) is 0 Å². The van der Waals surface area contributed by atoms with Crippen LogP contribution in [0.1, 0.15) is 24.5 Å². The molecule has 3 aromatic carbocycles. The normalized spacial score (nSPS) is 15.6. The lowest BCUT2D eigenvalue weighted by Gasteiger charge is -2.33. The highest BCUT2D eigenvalue weighted by molar-refractivity contribution is 5.87. The lowest BCUT2D eigenvalue weighted by Crippen LogP contribution is -2.32. The van der Waals surface area contributed by atoms with Crippen LogP contribution in [-0.4, -0.2) is 29.1 Å². The molecular weight excluding hydrogens is 422 g/mol. The van der Waals surface area contributed by atoms with Crippen LogP contribution < -0.4 is 4.74 Å². The number of carboxylic acid groups (broad SMARTS) is 1. The number of carboxylic acids is 1. The summed E-state index contributed by atoms with van der Waals surface area (Å²) in [7, 11) is 0. The van der Waals surface area contributed by atoms with Gasteiger partial charge in [0.15, 0.2) is 0 Å². The Hall–Kier alpha value is -3.79. The summed E-state index contributed by atoms with van der Waals surface area (Å²) in [6.45, 7) is 3.58. The minimum Gasteiger partial charge on any atom is -0.478 e. The number of hydrogen-bond acceptors (Lipinski definition) is 3. The van der Waals surface area contributed by atoms with E-state index < -0.39 is 5.97 Å². The zero-order valence-electron chi connectivity index (χ0n) is 19.6. The van der Waals surface area contributed by atoms with E-state index in [0.717, 1.165) is 43.1 Å². The number of benzene rings is 3. The van der Waals surface area contributed by atoms with Crippen LogP contribution in [-0.2, 0) is 17.6 Å². The highest BCUT2D eigenvalue weighted by Crippen LogP contribution is 2.33. The molecule has 4 heteroatoms. The highest BCUT2D eigenvalue weighted by atomic mass is 16.5. The SMILES string of the molecule is CC1CC(C(=O)O)=CC(N(CCc2ccccc2)CCc2ccccc2)=C1Oc1ccccc1. The molecule has 0 saturated carbocycles. The molecular formula is C30H31NO3. The van der Waals surface area contributed by atoms with E-state index in [-0.39, 0.29) is 5.92 Å². The van der Waals surface area contributed by atoms with Crippen LogP contribution in [0, 0.1) is 5.92 Å². The number of hydrogen-bond donors (Lipinski definition) is 1. The maximum absolute atomic E-state index is 11.9. The summed E-state index contributed by atoms with van der Waals surface area (Å²) in [5.41, 5.74) is 3.80. The van der Waals surface area contributed by atoms with Crippen molar-refractivity contribution in [2.24, 2.45) is 5.92 Å². The molecule has 1 unspecified atom stereocenters. The monoisotopic (exact) mass is 453 g/mol. The first kappa shape index (κ1) is 23.4. The van der Waals surface area contributed by atoms with Gasteiger partial charge in [0.1, 0.15) is 11.5 Å². The first-order valence-corrected chi connectivity index (χ1v) is 11.8. The van der Waals surface area contributed by atoms with Crippen molar-refractivity contribution in [2.75, 3.05) is 13.1 Å². The Kier molecular flexibility index (Phi) is 7.82. The predicted octanol–water partition coefficient (Wildman–Crippen LogP) is 6.12. The van der Waals surface area contributed by atoms with Gasteiger partial charge in [-0.3, -0.25) is 0 Å². The van der Waals surface area contributed by atoms with Gasteiger partial charge in [-0.15, -0.1) is 0 Å². The molecule has 0 radical (unpaired) electrons. The van der Waals surface area contributed by atoms with E-state index in [0.29, 0.717) is 12.0 Å². The van der Waals surface area contributed by atoms with E-state index in [9.17, 15) is 9.90 Å². The van der Waals surface area contributed by atoms with Gasteiger partial charge in [0.05, 0.1) is 5.70 Å². The van der Waals surface area contributed by atoms with Crippen LogP contribution in [0.3, 0.4) is 0 Å². The Bertz CT molecular complexity index is 1090. The standard InChI is InChI=1S/C30H31NO3/c1-23-21-26(30(32)33)22-28(29(23)34-27-15-9-4-10-16-27)31(19-17-24-11-5-2-6-12-24)20-18-25-13-7-3-8-14-25/h2-16,22-23H,17-21H2,1H3,(H,32,33). The molecule has 34 heavy (non-hydrogen) atoms. The molecule has 1 aliphatic rings. The van der Waals surface area contributed by atoms with E-state index in [2.05, 4.69) is 53.4 Å². The Morgan fingerprint density at radius 2 is 1.35 bits per heavy atom. The molecule has 0 fully saturated rings. The van der Waals surface area contributed by atoms with Crippen molar-refractivity contribution in [1.82, 2.24) is 4.90 Å². The lowest BCUT2D eigenvalue weighted by molar-refractivity contribution is -0.132. The third-order valence-corrected chi connectivity index (χ3v) is 6.15. The van der Waals surface area contributed by atoms with E-state index in [1.807, 2.05) is 55.5 Å². The highest BCUT2D eigenvalue weighted by Gasteiger charge is 2.28. The molecule has 1 aliphatic carbocycles. The third kappa shape index (κ3) is 6.16. The third-order valence-electron chi connectivity index (χ3n) is 6.15. The molecule has 3 aromatic rings. The molecule has 0 spiro atoms. The van der Waals surface area contributed by atoms with E-state index >= 15 is 0 Å². The Labute approximate surface area is 201 Å². The summed E-state index contributed by atoms with van der Waals surface area (Å²) >= 11 is 0. The second kappa shape index (κ2) is 11.4. The first-order chi connectivity index (χ1) is 16.6. The van der Waals surface area contributed by atoms with Crippen molar-refractivity contribution in [3.63, 3.8) is 0 Å². The van der Waals surface area contributed by atoms with E-state index in [1.165, 1.54) is 11.1 Å². The van der Waals surface area contributed by atoms with Crippen molar-refractivity contribution in [3.05, 3.63) is 125 Å². The summed E-state index contributed by atoms with van der Waals surface area (Å²) in [6, 6.07) is 30.5.